The third-order valence-electron chi connectivity index (χ3n) is 4.67. The number of ether oxygens (including phenoxy) is 1. The fraction of sp³-hybridized carbons (Fsp3) is 0.941. The SMILES string of the molecule is CCC(C)(C)CC(C)(C(=O)OCCN(C)C)C(C)(C)C. The van der Waals surface area contributed by atoms with Crippen LogP contribution in [0.15, 0.2) is 0 Å². The molecule has 120 valence electrons. The highest BCUT2D eigenvalue weighted by Gasteiger charge is 2.48. The van der Waals surface area contributed by atoms with Gasteiger partial charge in [-0.3, -0.25) is 4.79 Å². The van der Waals surface area contributed by atoms with Crippen molar-refractivity contribution >= 4 is 5.97 Å². The monoisotopic (exact) mass is 285 g/mol. The van der Waals surface area contributed by atoms with Crippen LogP contribution in [0.5, 0.6) is 0 Å². The Labute approximate surface area is 126 Å². The Hall–Kier alpha value is -0.570. The second kappa shape index (κ2) is 6.93. The summed E-state index contributed by atoms with van der Waals surface area (Å²) < 4.78 is 5.55. The Bertz CT molecular complexity index is 315. The van der Waals surface area contributed by atoms with E-state index in [0.29, 0.717) is 6.61 Å². The van der Waals surface area contributed by atoms with Crippen LogP contribution < -0.4 is 0 Å². The van der Waals surface area contributed by atoms with Gasteiger partial charge < -0.3 is 9.64 Å². The summed E-state index contributed by atoms with van der Waals surface area (Å²) in [4.78, 5) is 14.7. The molecule has 1 unspecified atom stereocenters. The van der Waals surface area contributed by atoms with Gasteiger partial charge in [-0.25, -0.2) is 0 Å². The van der Waals surface area contributed by atoms with Crippen molar-refractivity contribution in [3.05, 3.63) is 0 Å². The number of likely N-dealkylation sites (N-methyl/N-ethyl adjacent to an activating group) is 1. The van der Waals surface area contributed by atoms with Gasteiger partial charge in [-0.1, -0.05) is 48.0 Å². The molecule has 0 spiro atoms. The van der Waals surface area contributed by atoms with Crippen molar-refractivity contribution in [3.8, 4) is 0 Å². The van der Waals surface area contributed by atoms with E-state index in [2.05, 4.69) is 48.5 Å². The normalized spacial score (nSPS) is 16.1. The minimum Gasteiger partial charge on any atom is -0.464 e. The summed E-state index contributed by atoms with van der Waals surface area (Å²) in [6.07, 6.45) is 1.91. The molecule has 1 atom stereocenters. The lowest BCUT2D eigenvalue weighted by atomic mass is 9.60. The molecule has 0 fully saturated rings. The van der Waals surface area contributed by atoms with Crippen molar-refractivity contribution in [3.63, 3.8) is 0 Å². The molecule has 3 heteroatoms. The Balaban J connectivity index is 5.01. The predicted molar refractivity (Wildman–Crippen MR) is 85.8 cm³/mol. The van der Waals surface area contributed by atoms with E-state index in [0.717, 1.165) is 19.4 Å². The van der Waals surface area contributed by atoms with Gasteiger partial charge in [0.15, 0.2) is 0 Å². The van der Waals surface area contributed by atoms with E-state index >= 15 is 0 Å². The van der Waals surface area contributed by atoms with E-state index in [-0.39, 0.29) is 16.8 Å². The third kappa shape index (κ3) is 5.43. The first kappa shape index (κ1) is 19.4. The lowest BCUT2D eigenvalue weighted by Crippen LogP contribution is -2.45. The largest absolute Gasteiger partial charge is 0.464 e. The molecule has 0 aliphatic rings. The Morgan fingerprint density at radius 2 is 1.55 bits per heavy atom. The average molecular weight is 285 g/mol. The van der Waals surface area contributed by atoms with Crippen LogP contribution in [-0.2, 0) is 9.53 Å². The highest BCUT2D eigenvalue weighted by Crippen LogP contribution is 2.48. The van der Waals surface area contributed by atoms with Gasteiger partial charge in [0, 0.05) is 6.54 Å². The molecule has 0 saturated heterocycles. The maximum absolute atomic E-state index is 12.6. The minimum absolute atomic E-state index is 0.0617. The van der Waals surface area contributed by atoms with Crippen LogP contribution in [0.3, 0.4) is 0 Å². The molecule has 0 radical (unpaired) electrons. The van der Waals surface area contributed by atoms with Crippen LogP contribution >= 0.6 is 0 Å². The Morgan fingerprint density at radius 3 is 1.90 bits per heavy atom. The lowest BCUT2D eigenvalue weighted by Gasteiger charge is -2.44. The highest BCUT2D eigenvalue weighted by atomic mass is 16.5. The van der Waals surface area contributed by atoms with Crippen molar-refractivity contribution in [1.29, 1.82) is 0 Å². The Kier molecular flexibility index (Phi) is 6.73. The quantitative estimate of drug-likeness (QED) is 0.663. The van der Waals surface area contributed by atoms with Crippen LogP contribution in [0.2, 0.25) is 0 Å². The molecule has 3 nitrogen and oxygen atoms in total. The van der Waals surface area contributed by atoms with Gasteiger partial charge in [0.25, 0.3) is 0 Å². The maximum atomic E-state index is 12.6. The number of carbonyl (C=O) groups excluding carboxylic acids is 1. The summed E-state index contributed by atoms with van der Waals surface area (Å²) in [5.41, 5.74) is -0.434. The van der Waals surface area contributed by atoms with Crippen molar-refractivity contribution in [2.45, 2.75) is 61.3 Å². The standard InChI is InChI=1S/C17H35NO2/c1-10-16(5,6)13-17(7,15(2,3)4)14(19)20-12-11-18(8)9/h10-13H2,1-9H3. The maximum Gasteiger partial charge on any atom is 0.312 e. The number of nitrogens with zero attached hydrogens (tertiary/aromatic N) is 1. The van der Waals surface area contributed by atoms with E-state index in [1.165, 1.54) is 0 Å². The molecule has 0 heterocycles. The molecule has 0 amide bonds. The number of esters is 1. The molecule has 20 heavy (non-hydrogen) atoms. The summed E-state index contributed by atoms with van der Waals surface area (Å²) in [7, 11) is 3.97. The van der Waals surface area contributed by atoms with Crippen molar-refractivity contribution in [2.24, 2.45) is 16.2 Å². The summed E-state index contributed by atoms with van der Waals surface area (Å²) in [6.45, 7) is 16.3. The molecule has 0 aromatic carbocycles. The smallest absolute Gasteiger partial charge is 0.312 e. The number of hydrogen-bond acceptors (Lipinski definition) is 3. The second-order valence-corrected chi connectivity index (χ2v) is 8.22. The number of rotatable bonds is 7. The molecule has 0 saturated carbocycles. The van der Waals surface area contributed by atoms with Crippen molar-refractivity contribution in [2.75, 3.05) is 27.2 Å². The summed E-state index contributed by atoms with van der Waals surface area (Å²) in [5, 5.41) is 0. The van der Waals surface area contributed by atoms with Crippen molar-refractivity contribution < 1.29 is 9.53 Å². The van der Waals surface area contributed by atoms with Gasteiger partial charge in [0.2, 0.25) is 0 Å². The van der Waals surface area contributed by atoms with Gasteiger partial charge in [-0.2, -0.15) is 0 Å². The lowest BCUT2D eigenvalue weighted by molar-refractivity contribution is -0.165. The van der Waals surface area contributed by atoms with E-state index in [1.54, 1.807) is 0 Å². The van der Waals surface area contributed by atoms with E-state index in [4.69, 9.17) is 4.74 Å². The van der Waals surface area contributed by atoms with E-state index in [1.807, 2.05) is 19.0 Å². The molecular formula is C17H35NO2. The minimum atomic E-state index is -0.460. The first-order valence-corrected chi connectivity index (χ1v) is 7.68. The molecule has 0 aliphatic carbocycles. The molecule has 0 rings (SSSR count). The highest BCUT2D eigenvalue weighted by molar-refractivity contribution is 5.77. The van der Waals surface area contributed by atoms with Gasteiger partial charge in [0.1, 0.15) is 6.61 Å². The first-order valence-electron chi connectivity index (χ1n) is 7.68. The first-order chi connectivity index (χ1) is 8.85. The van der Waals surface area contributed by atoms with Crippen LogP contribution in [0.4, 0.5) is 0 Å². The molecule has 0 N–H and O–H groups in total. The van der Waals surface area contributed by atoms with Crippen LogP contribution in [-0.4, -0.2) is 38.1 Å². The molecule has 0 bridgehead atoms. The average Bonchev–Trinajstić information content (AvgIpc) is 2.26. The molecular weight excluding hydrogens is 250 g/mol. The fourth-order valence-electron chi connectivity index (χ4n) is 2.21. The fourth-order valence-corrected chi connectivity index (χ4v) is 2.21. The van der Waals surface area contributed by atoms with Crippen molar-refractivity contribution in [1.82, 2.24) is 4.90 Å². The molecule has 0 aromatic heterocycles. The topological polar surface area (TPSA) is 29.5 Å². The summed E-state index contributed by atoms with van der Waals surface area (Å²) in [6, 6.07) is 0. The molecule has 0 aromatic rings. The molecule has 0 aliphatic heterocycles. The van der Waals surface area contributed by atoms with Gasteiger partial charge in [-0.05, 0) is 38.3 Å². The van der Waals surface area contributed by atoms with E-state index < -0.39 is 5.41 Å². The zero-order chi connectivity index (χ0) is 16.2. The summed E-state index contributed by atoms with van der Waals surface area (Å²) in [5.74, 6) is -0.0617. The van der Waals surface area contributed by atoms with Gasteiger partial charge in [-0.15, -0.1) is 0 Å². The number of carbonyl (C=O) groups is 1. The van der Waals surface area contributed by atoms with Crippen LogP contribution in [0, 0.1) is 16.2 Å². The zero-order valence-electron chi connectivity index (χ0n) is 15.1. The second-order valence-electron chi connectivity index (χ2n) is 8.22. The van der Waals surface area contributed by atoms with Crippen LogP contribution in [0.1, 0.15) is 61.3 Å². The predicted octanol–water partition coefficient (Wildman–Crippen LogP) is 3.97. The van der Waals surface area contributed by atoms with Gasteiger partial charge >= 0.3 is 5.97 Å². The van der Waals surface area contributed by atoms with E-state index in [9.17, 15) is 4.79 Å². The number of hydrogen-bond donors (Lipinski definition) is 0. The van der Waals surface area contributed by atoms with Gasteiger partial charge in [0.05, 0.1) is 5.41 Å². The zero-order valence-corrected chi connectivity index (χ0v) is 15.1. The summed E-state index contributed by atoms with van der Waals surface area (Å²) >= 11 is 0. The Morgan fingerprint density at radius 1 is 1.05 bits per heavy atom. The van der Waals surface area contributed by atoms with Crippen LogP contribution in [0.25, 0.3) is 0 Å². The third-order valence-corrected chi connectivity index (χ3v) is 4.67.